The van der Waals surface area contributed by atoms with E-state index in [1.165, 1.54) is 49.7 Å². The molecule has 122 valence electrons. The zero-order chi connectivity index (χ0) is 16.2. The Hall–Kier alpha value is -2.08. The van der Waals surface area contributed by atoms with Crippen LogP contribution >= 0.6 is 0 Å². The quantitative estimate of drug-likeness (QED) is 0.586. The van der Waals surface area contributed by atoms with Gasteiger partial charge in [-0.05, 0) is 72.6 Å². The molecule has 0 radical (unpaired) electrons. The maximum absolute atomic E-state index is 2.52. The number of rotatable bonds is 3. The molecule has 0 aliphatic heterocycles. The van der Waals surface area contributed by atoms with Gasteiger partial charge in [-0.2, -0.15) is 0 Å². The summed E-state index contributed by atoms with van der Waals surface area (Å²) in [7, 11) is 0. The van der Waals surface area contributed by atoms with Gasteiger partial charge in [0, 0.05) is 0 Å². The molecule has 4 rings (SSSR count). The predicted octanol–water partition coefficient (Wildman–Crippen LogP) is 6.77. The largest absolute Gasteiger partial charge is 0.0804 e. The van der Waals surface area contributed by atoms with Crippen molar-refractivity contribution in [1.82, 2.24) is 0 Å². The van der Waals surface area contributed by atoms with Crippen molar-refractivity contribution in [2.45, 2.75) is 50.4 Å². The van der Waals surface area contributed by atoms with Crippen molar-refractivity contribution in [1.29, 1.82) is 0 Å². The van der Waals surface area contributed by atoms with E-state index in [0.717, 1.165) is 11.8 Å². The van der Waals surface area contributed by atoms with Crippen molar-refractivity contribution in [2.75, 3.05) is 0 Å². The van der Waals surface area contributed by atoms with E-state index in [9.17, 15) is 0 Å². The van der Waals surface area contributed by atoms with Crippen molar-refractivity contribution in [3.05, 3.63) is 95.1 Å². The third kappa shape index (κ3) is 3.38. The molecule has 0 N–H and O–H groups in total. The highest BCUT2D eigenvalue weighted by atomic mass is 14.3. The van der Waals surface area contributed by atoms with Crippen LogP contribution in [0.15, 0.2) is 84.0 Å². The van der Waals surface area contributed by atoms with Crippen LogP contribution < -0.4 is 0 Å². The van der Waals surface area contributed by atoms with E-state index in [0.29, 0.717) is 0 Å². The van der Waals surface area contributed by atoms with E-state index < -0.39 is 0 Å². The minimum absolute atomic E-state index is 0.719. The molecule has 2 aliphatic carbocycles. The molecular weight excluding hydrogens is 288 g/mol. The minimum Gasteiger partial charge on any atom is -0.0804 e. The molecule has 2 aromatic rings. The molecule has 0 saturated heterocycles. The van der Waals surface area contributed by atoms with Crippen LogP contribution in [-0.2, 0) is 0 Å². The van der Waals surface area contributed by atoms with Crippen molar-refractivity contribution in [3.63, 3.8) is 0 Å². The molecule has 0 spiro atoms. The SMILES string of the molecule is C1=C(C2=CCC(c3ccccc3)CC2)CCC(c2ccccc2)C1. The van der Waals surface area contributed by atoms with Gasteiger partial charge in [-0.1, -0.05) is 72.8 Å². The molecule has 0 aromatic heterocycles. The fourth-order valence-corrected chi connectivity index (χ4v) is 4.31. The van der Waals surface area contributed by atoms with Crippen LogP contribution in [0.1, 0.15) is 61.5 Å². The summed E-state index contributed by atoms with van der Waals surface area (Å²) in [5.74, 6) is 1.44. The minimum atomic E-state index is 0.719. The Morgan fingerprint density at radius 3 is 1.29 bits per heavy atom. The molecule has 0 bridgehead atoms. The average molecular weight is 314 g/mol. The number of hydrogen-bond acceptors (Lipinski definition) is 0. The smallest absolute Gasteiger partial charge is 0.0124 e. The second-order valence-electron chi connectivity index (χ2n) is 7.22. The summed E-state index contributed by atoms with van der Waals surface area (Å²) in [4.78, 5) is 0. The molecular formula is C24H26. The van der Waals surface area contributed by atoms with Crippen LogP contribution in [0.2, 0.25) is 0 Å². The first-order valence-electron chi connectivity index (χ1n) is 9.38. The van der Waals surface area contributed by atoms with Gasteiger partial charge in [-0.15, -0.1) is 0 Å². The Bertz CT molecular complexity index is 656. The molecule has 2 aliphatic rings. The lowest BCUT2D eigenvalue weighted by Gasteiger charge is -2.27. The lowest BCUT2D eigenvalue weighted by Crippen LogP contribution is -2.09. The second kappa shape index (κ2) is 7.21. The van der Waals surface area contributed by atoms with Crippen LogP contribution in [0.4, 0.5) is 0 Å². The molecule has 2 unspecified atom stereocenters. The molecule has 0 fully saturated rings. The lowest BCUT2D eigenvalue weighted by atomic mass is 9.78. The number of allylic oxidation sites excluding steroid dienone is 4. The van der Waals surface area contributed by atoms with Crippen molar-refractivity contribution < 1.29 is 0 Å². The Labute approximate surface area is 145 Å². The van der Waals surface area contributed by atoms with E-state index in [4.69, 9.17) is 0 Å². The first kappa shape index (κ1) is 15.4. The lowest BCUT2D eigenvalue weighted by molar-refractivity contribution is 0.572. The van der Waals surface area contributed by atoms with Crippen LogP contribution in [0.3, 0.4) is 0 Å². The zero-order valence-corrected chi connectivity index (χ0v) is 14.3. The zero-order valence-electron chi connectivity index (χ0n) is 14.3. The van der Waals surface area contributed by atoms with Gasteiger partial charge in [0.25, 0.3) is 0 Å². The van der Waals surface area contributed by atoms with E-state index in [1.807, 2.05) is 0 Å². The molecule has 0 amide bonds. The molecule has 24 heavy (non-hydrogen) atoms. The molecule has 0 heteroatoms. The summed E-state index contributed by atoms with van der Waals surface area (Å²) >= 11 is 0. The summed E-state index contributed by atoms with van der Waals surface area (Å²) in [5.41, 5.74) is 6.28. The highest BCUT2D eigenvalue weighted by molar-refractivity contribution is 5.37. The van der Waals surface area contributed by atoms with Crippen molar-refractivity contribution >= 4 is 0 Å². The van der Waals surface area contributed by atoms with Gasteiger partial charge in [0.15, 0.2) is 0 Å². The Morgan fingerprint density at radius 2 is 0.958 bits per heavy atom. The monoisotopic (exact) mass is 314 g/mol. The first-order valence-corrected chi connectivity index (χ1v) is 9.38. The van der Waals surface area contributed by atoms with Gasteiger partial charge in [-0.25, -0.2) is 0 Å². The van der Waals surface area contributed by atoms with Gasteiger partial charge < -0.3 is 0 Å². The van der Waals surface area contributed by atoms with Gasteiger partial charge in [0.2, 0.25) is 0 Å². The van der Waals surface area contributed by atoms with Crippen LogP contribution in [0.25, 0.3) is 0 Å². The maximum Gasteiger partial charge on any atom is -0.0124 e. The summed E-state index contributed by atoms with van der Waals surface area (Å²) in [5, 5.41) is 0. The molecule has 0 nitrogen and oxygen atoms in total. The second-order valence-corrected chi connectivity index (χ2v) is 7.22. The van der Waals surface area contributed by atoms with Crippen LogP contribution in [0, 0.1) is 0 Å². The predicted molar refractivity (Wildman–Crippen MR) is 102 cm³/mol. The van der Waals surface area contributed by atoms with Gasteiger partial charge in [0.05, 0.1) is 0 Å². The van der Waals surface area contributed by atoms with Crippen molar-refractivity contribution in [2.24, 2.45) is 0 Å². The van der Waals surface area contributed by atoms with Crippen LogP contribution in [-0.4, -0.2) is 0 Å². The molecule has 0 heterocycles. The Morgan fingerprint density at radius 1 is 0.542 bits per heavy atom. The first-order chi connectivity index (χ1) is 11.9. The highest BCUT2D eigenvalue weighted by Crippen LogP contribution is 2.39. The fourth-order valence-electron chi connectivity index (χ4n) is 4.31. The molecule has 2 aromatic carbocycles. The van der Waals surface area contributed by atoms with E-state index >= 15 is 0 Å². The van der Waals surface area contributed by atoms with Crippen molar-refractivity contribution in [3.8, 4) is 0 Å². The number of hydrogen-bond donors (Lipinski definition) is 0. The topological polar surface area (TPSA) is 0 Å². The van der Waals surface area contributed by atoms with Gasteiger partial charge >= 0.3 is 0 Å². The summed E-state index contributed by atoms with van der Waals surface area (Å²) in [6.07, 6.45) is 12.6. The number of benzene rings is 2. The fraction of sp³-hybridized carbons (Fsp3) is 0.333. The van der Waals surface area contributed by atoms with Gasteiger partial charge in [-0.3, -0.25) is 0 Å². The molecule has 2 atom stereocenters. The van der Waals surface area contributed by atoms with E-state index in [2.05, 4.69) is 72.8 Å². The normalized spacial score (nSPS) is 24.2. The average Bonchev–Trinajstić information content (AvgIpc) is 2.70. The third-order valence-corrected chi connectivity index (χ3v) is 5.78. The summed E-state index contributed by atoms with van der Waals surface area (Å²) in [6.45, 7) is 0. The standard InChI is InChI=1S/C24H26/c1-3-7-19(8-4-1)21-11-15-23(16-12-21)24-17-13-22(14-18-24)20-9-5-2-6-10-20/h1-10,15,17,21-22H,11-14,16,18H2. The Balaban J connectivity index is 1.41. The summed E-state index contributed by atoms with van der Waals surface area (Å²) in [6, 6.07) is 22.0. The van der Waals surface area contributed by atoms with E-state index in [-0.39, 0.29) is 0 Å². The van der Waals surface area contributed by atoms with Crippen LogP contribution in [0.5, 0.6) is 0 Å². The van der Waals surface area contributed by atoms with Gasteiger partial charge in [0.1, 0.15) is 0 Å². The maximum atomic E-state index is 2.52. The third-order valence-electron chi connectivity index (χ3n) is 5.78. The molecule has 0 saturated carbocycles. The highest BCUT2D eigenvalue weighted by Gasteiger charge is 2.21. The Kier molecular flexibility index (Phi) is 4.64. The van der Waals surface area contributed by atoms with E-state index in [1.54, 1.807) is 11.1 Å². The summed E-state index contributed by atoms with van der Waals surface area (Å²) < 4.78 is 0.